The van der Waals surface area contributed by atoms with Crippen molar-refractivity contribution in [2.75, 3.05) is 6.61 Å². The maximum Gasteiger partial charge on any atom is 0.408 e. The Labute approximate surface area is 240 Å². The third-order valence-electron chi connectivity index (χ3n) is 7.06. The molecule has 8 heteroatoms. The topological polar surface area (TPSA) is 108 Å². The highest BCUT2D eigenvalue weighted by molar-refractivity contribution is 5.98. The van der Waals surface area contributed by atoms with Crippen molar-refractivity contribution in [2.24, 2.45) is 0 Å². The highest BCUT2D eigenvalue weighted by Crippen LogP contribution is 2.32. The number of esters is 2. The minimum atomic E-state index is -1.40. The van der Waals surface area contributed by atoms with Crippen LogP contribution in [0.15, 0.2) is 84.9 Å². The average Bonchev–Trinajstić information content (AvgIpc) is 3.02. The monoisotopic (exact) mass is 557 g/mol. The van der Waals surface area contributed by atoms with E-state index in [0.717, 1.165) is 24.0 Å². The first kappa shape index (κ1) is 29.5. The molecule has 1 amide bonds. The summed E-state index contributed by atoms with van der Waals surface area (Å²) < 4.78 is 15.7. The van der Waals surface area contributed by atoms with Crippen LogP contribution < -0.4 is 5.32 Å². The summed E-state index contributed by atoms with van der Waals surface area (Å²) in [4.78, 5) is 50.6. The van der Waals surface area contributed by atoms with Crippen LogP contribution in [0.25, 0.3) is 0 Å². The van der Waals surface area contributed by atoms with Gasteiger partial charge in [-0.2, -0.15) is 0 Å². The van der Waals surface area contributed by atoms with Crippen molar-refractivity contribution in [2.45, 2.75) is 63.7 Å². The molecule has 8 nitrogen and oxygen atoms in total. The quantitative estimate of drug-likeness (QED) is 0.168. The van der Waals surface area contributed by atoms with Gasteiger partial charge >= 0.3 is 18.0 Å². The molecule has 0 aliphatic heterocycles. The van der Waals surface area contributed by atoms with E-state index in [2.05, 4.69) is 5.32 Å². The minimum absolute atomic E-state index is 0.00916. The lowest BCUT2D eigenvalue weighted by Crippen LogP contribution is -2.44. The zero-order valence-electron chi connectivity index (χ0n) is 23.0. The normalized spacial score (nSPS) is 14.0. The number of rotatable bonds is 12. The predicted molar refractivity (Wildman–Crippen MR) is 152 cm³/mol. The van der Waals surface area contributed by atoms with E-state index < -0.39 is 37.1 Å². The van der Waals surface area contributed by atoms with Crippen molar-refractivity contribution in [3.8, 4) is 0 Å². The van der Waals surface area contributed by atoms with E-state index in [9.17, 15) is 19.2 Å². The molecule has 4 rings (SSSR count). The Morgan fingerprint density at radius 2 is 1.29 bits per heavy atom. The van der Waals surface area contributed by atoms with Crippen molar-refractivity contribution < 1.29 is 33.4 Å². The molecule has 1 atom stereocenters. The predicted octanol–water partition coefficient (Wildman–Crippen LogP) is 5.89. The molecule has 1 saturated carbocycles. The van der Waals surface area contributed by atoms with Crippen LogP contribution in [-0.4, -0.2) is 36.5 Å². The number of ketones is 1. The molecule has 1 fully saturated rings. The van der Waals surface area contributed by atoms with Gasteiger partial charge in [-0.25, -0.2) is 9.59 Å². The summed E-state index contributed by atoms with van der Waals surface area (Å²) in [5.74, 6) is -1.53. The van der Waals surface area contributed by atoms with Crippen LogP contribution in [-0.2, 0) is 37.0 Å². The largest absolute Gasteiger partial charge is 0.461 e. The van der Waals surface area contributed by atoms with Crippen LogP contribution in [0.5, 0.6) is 0 Å². The lowest BCUT2D eigenvalue weighted by molar-refractivity contribution is -0.152. The molecule has 214 valence electrons. The Hall–Kier alpha value is -4.46. The molecule has 1 aliphatic rings. The van der Waals surface area contributed by atoms with Crippen LogP contribution in [0.2, 0.25) is 0 Å². The molecule has 41 heavy (non-hydrogen) atoms. The smallest absolute Gasteiger partial charge is 0.408 e. The van der Waals surface area contributed by atoms with Crippen molar-refractivity contribution in [1.29, 1.82) is 0 Å². The molecule has 0 spiro atoms. The molecule has 1 N–H and O–H groups in total. The highest BCUT2D eigenvalue weighted by Gasteiger charge is 2.28. The molecular formula is C33H35NO7. The average molecular weight is 558 g/mol. The summed E-state index contributed by atoms with van der Waals surface area (Å²) in [6.07, 6.45) is 4.62. The lowest BCUT2D eigenvalue weighted by atomic mass is 9.84. The number of carbonyl (C=O) groups excluding carboxylic acids is 4. The van der Waals surface area contributed by atoms with Gasteiger partial charge in [-0.15, -0.1) is 0 Å². The zero-order chi connectivity index (χ0) is 28.9. The molecule has 3 aromatic rings. The summed E-state index contributed by atoms with van der Waals surface area (Å²) in [6, 6.07) is 24.1. The first-order valence-electron chi connectivity index (χ1n) is 13.9. The number of nitrogens with one attached hydrogen (secondary N) is 1. The first-order chi connectivity index (χ1) is 20.0. The summed E-state index contributed by atoms with van der Waals surface area (Å²) in [5.41, 5.74) is 3.16. The Bertz CT molecular complexity index is 1230. The van der Waals surface area contributed by atoms with Gasteiger partial charge in [0.05, 0.1) is 6.42 Å². The molecule has 3 aromatic carbocycles. The van der Waals surface area contributed by atoms with Crippen LogP contribution in [0.1, 0.15) is 71.5 Å². The van der Waals surface area contributed by atoms with Gasteiger partial charge < -0.3 is 19.5 Å². The van der Waals surface area contributed by atoms with E-state index in [1.165, 1.54) is 24.8 Å². The highest BCUT2D eigenvalue weighted by atomic mass is 16.6. The van der Waals surface area contributed by atoms with Crippen LogP contribution in [0.3, 0.4) is 0 Å². The molecule has 0 aromatic heterocycles. The second-order valence-corrected chi connectivity index (χ2v) is 10.1. The molecular weight excluding hydrogens is 522 g/mol. The van der Waals surface area contributed by atoms with Crippen molar-refractivity contribution >= 4 is 23.8 Å². The SMILES string of the molecule is O=C(C[C@H](NC(=O)OCc1ccccc1)C(=O)OCC(=O)c1ccc(C2CCCCC2)cc1)OCc1ccccc1. The van der Waals surface area contributed by atoms with Gasteiger partial charge in [0.1, 0.15) is 19.3 Å². The summed E-state index contributed by atoms with van der Waals surface area (Å²) in [5, 5.41) is 2.38. The second kappa shape index (κ2) is 15.4. The number of benzene rings is 3. The zero-order valence-corrected chi connectivity index (χ0v) is 23.0. The number of ether oxygens (including phenoxy) is 3. The Kier molecular flexibility index (Phi) is 11.1. The number of carbonyl (C=O) groups is 4. The fourth-order valence-corrected chi connectivity index (χ4v) is 4.76. The molecule has 0 unspecified atom stereocenters. The van der Waals surface area contributed by atoms with Crippen molar-refractivity contribution in [1.82, 2.24) is 5.32 Å². The van der Waals surface area contributed by atoms with Gasteiger partial charge in [0, 0.05) is 5.56 Å². The van der Waals surface area contributed by atoms with E-state index in [-0.39, 0.29) is 19.0 Å². The fraction of sp³-hybridized carbons (Fsp3) is 0.333. The maximum absolute atomic E-state index is 12.9. The summed E-state index contributed by atoms with van der Waals surface area (Å²) >= 11 is 0. The Morgan fingerprint density at radius 1 is 0.707 bits per heavy atom. The van der Waals surface area contributed by atoms with Crippen molar-refractivity contribution in [3.05, 3.63) is 107 Å². The number of amides is 1. The van der Waals surface area contributed by atoms with Gasteiger partial charge in [0.2, 0.25) is 0 Å². The molecule has 0 saturated heterocycles. The van der Waals surface area contributed by atoms with Crippen LogP contribution in [0, 0.1) is 0 Å². The van der Waals surface area contributed by atoms with E-state index in [0.29, 0.717) is 11.5 Å². The van der Waals surface area contributed by atoms with Gasteiger partial charge in [-0.05, 0) is 35.4 Å². The van der Waals surface area contributed by atoms with Gasteiger partial charge in [0.15, 0.2) is 12.4 Å². The van der Waals surface area contributed by atoms with Crippen LogP contribution >= 0.6 is 0 Å². The van der Waals surface area contributed by atoms with Gasteiger partial charge in [-0.1, -0.05) is 104 Å². The second-order valence-electron chi connectivity index (χ2n) is 10.1. The van der Waals surface area contributed by atoms with Crippen LogP contribution in [0.4, 0.5) is 4.79 Å². The number of hydrogen-bond acceptors (Lipinski definition) is 7. The van der Waals surface area contributed by atoms with Gasteiger partial charge in [-0.3, -0.25) is 9.59 Å². The summed E-state index contributed by atoms with van der Waals surface area (Å²) in [7, 11) is 0. The molecule has 0 heterocycles. The minimum Gasteiger partial charge on any atom is -0.461 e. The van der Waals surface area contributed by atoms with E-state index in [1.54, 1.807) is 48.5 Å². The fourth-order valence-electron chi connectivity index (χ4n) is 4.76. The standard InChI is InChI=1S/C33H35NO7/c35-30(28-18-16-27(17-19-28)26-14-8-3-9-15-26)23-40-32(37)29(20-31(36)39-21-24-10-4-1-5-11-24)34-33(38)41-22-25-12-6-2-7-13-25/h1-2,4-7,10-13,16-19,26,29H,3,8-9,14-15,20-23H2,(H,34,38)/t29-/m0/s1. The summed E-state index contributed by atoms with van der Waals surface area (Å²) in [6.45, 7) is -0.546. The number of Topliss-reactive ketones (excluding diaryl/α,β-unsaturated/α-hetero) is 1. The maximum atomic E-state index is 12.9. The van der Waals surface area contributed by atoms with E-state index in [4.69, 9.17) is 14.2 Å². The van der Waals surface area contributed by atoms with E-state index in [1.807, 2.05) is 36.4 Å². The van der Waals surface area contributed by atoms with Gasteiger partial charge in [0.25, 0.3) is 0 Å². The number of hydrogen-bond donors (Lipinski definition) is 1. The Balaban J connectivity index is 1.32. The third-order valence-corrected chi connectivity index (χ3v) is 7.06. The number of alkyl carbamates (subject to hydrolysis) is 1. The van der Waals surface area contributed by atoms with Crippen molar-refractivity contribution in [3.63, 3.8) is 0 Å². The Morgan fingerprint density at radius 3 is 1.90 bits per heavy atom. The molecule has 0 radical (unpaired) electrons. The lowest BCUT2D eigenvalue weighted by Gasteiger charge is -2.22. The third kappa shape index (κ3) is 9.60. The molecule has 0 bridgehead atoms. The first-order valence-corrected chi connectivity index (χ1v) is 13.9. The van der Waals surface area contributed by atoms with E-state index >= 15 is 0 Å². The molecule has 1 aliphatic carbocycles.